The lowest BCUT2D eigenvalue weighted by molar-refractivity contribution is 0.108. The summed E-state index contributed by atoms with van der Waals surface area (Å²) in [5.41, 5.74) is 1.59. The van der Waals surface area contributed by atoms with Crippen LogP contribution in [0.3, 0.4) is 0 Å². The SMILES string of the molecule is CN=C(NCCCOCC(C)C)NCCc1coc(-c2ccc(F)cc2)n1. The number of ether oxygens (including phenoxy) is 1. The fraction of sp³-hybridized carbons (Fsp3) is 0.500. The van der Waals surface area contributed by atoms with Gasteiger partial charge in [-0.2, -0.15) is 0 Å². The molecule has 0 spiro atoms. The van der Waals surface area contributed by atoms with Gasteiger partial charge in [0.25, 0.3) is 0 Å². The summed E-state index contributed by atoms with van der Waals surface area (Å²) >= 11 is 0. The van der Waals surface area contributed by atoms with Crippen molar-refractivity contribution in [2.24, 2.45) is 10.9 Å². The van der Waals surface area contributed by atoms with Crippen molar-refractivity contribution in [2.45, 2.75) is 26.7 Å². The van der Waals surface area contributed by atoms with Crippen molar-refractivity contribution in [3.8, 4) is 11.5 Å². The molecule has 1 aromatic carbocycles. The zero-order valence-electron chi connectivity index (χ0n) is 16.3. The molecule has 7 heteroatoms. The number of hydrogen-bond donors (Lipinski definition) is 2. The van der Waals surface area contributed by atoms with Crippen LogP contribution >= 0.6 is 0 Å². The summed E-state index contributed by atoms with van der Waals surface area (Å²) in [6, 6.07) is 6.09. The Morgan fingerprint density at radius 2 is 1.96 bits per heavy atom. The highest BCUT2D eigenvalue weighted by Gasteiger charge is 2.07. The summed E-state index contributed by atoms with van der Waals surface area (Å²) in [6.45, 7) is 7.30. The lowest BCUT2D eigenvalue weighted by atomic mass is 10.2. The van der Waals surface area contributed by atoms with Gasteiger partial charge in [0.05, 0.1) is 5.69 Å². The van der Waals surface area contributed by atoms with Crippen LogP contribution in [0.1, 0.15) is 26.0 Å². The molecule has 0 unspecified atom stereocenters. The van der Waals surface area contributed by atoms with E-state index in [1.54, 1.807) is 25.4 Å². The largest absolute Gasteiger partial charge is 0.444 e. The molecular weight excluding hydrogens is 347 g/mol. The molecule has 0 aliphatic rings. The van der Waals surface area contributed by atoms with Crippen molar-refractivity contribution in [1.29, 1.82) is 0 Å². The van der Waals surface area contributed by atoms with Crippen LogP contribution in [0.25, 0.3) is 11.5 Å². The summed E-state index contributed by atoms with van der Waals surface area (Å²) in [4.78, 5) is 8.64. The van der Waals surface area contributed by atoms with Crippen molar-refractivity contribution in [2.75, 3.05) is 33.4 Å². The zero-order valence-corrected chi connectivity index (χ0v) is 16.3. The molecule has 27 heavy (non-hydrogen) atoms. The van der Waals surface area contributed by atoms with Crippen molar-refractivity contribution in [3.63, 3.8) is 0 Å². The van der Waals surface area contributed by atoms with Gasteiger partial charge in [-0.05, 0) is 36.6 Å². The van der Waals surface area contributed by atoms with Gasteiger partial charge in [-0.1, -0.05) is 13.8 Å². The van der Waals surface area contributed by atoms with Gasteiger partial charge < -0.3 is 19.8 Å². The van der Waals surface area contributed by atoms with Crippen molar-refractivity contribution >= 4 is 5.96 Å². The molecule has 2 rings (SSSR count). The van der Waals surface area contributed by atoms with Crippen molar-refractivity contribution in [3.05, 3.63) is 42.0 Å². The van der Waals surface area contributed by atoms with E-state index in [1.807, 2.05) is 0 Å². The fourth-order valence-electron chi connectivity index (χ4n) is 2.38. The van der Waals surface area contributed by atoms with E-state index >= 15 is 0 Å². The molecule has 0 radical (unpaired) electrons. The minimum atomic E-state index is -0.278. The van der Waals surface area contributed by atoms with E-state index in [0.717, 1.165) is 43.4 Å². The quantitative estimate of drug-likeness (QED) is 0.378. The van der Waals surface area contributed by atoms with Crippen molar-refractivity contribution < 1.29 is 13.5 Å². The molecule has 1 aromatic heterocycles. The number of nitrogens with one attached hydrogen (secondary N) is 2. The summed E-state index contributed by atoms with van der Waals surface area (Å²) in [5, 5.41) is 6.51. The molecule has 6 nitrogen and oxygen atoms in total. The van der Waals surface area contributed by atoms with E-state index in [0.29, 0.717) is 24.8 Å². The summed E-state index contributed by atoms with van der Waals surface area (Å²) in [6.07, 6.45) is 3.25. The minimum absolute atomic E-state index is 0.278. The Morgan fingerprint density at radius 3 is 2.67 bits per heavy atom. The molecule has 2 aromatic rings. The molecule has 0 atom stereocenters. The first-order valence-electron chi connectivity index (χ1n) is 9.31. The third-order valence-electron chi connectivity index (χ3n) is 3.75. The van der Waals surface area contributed by atoms with Gasteiger partial charge in [-0.15, -0.1) is 0 Å². The smallest absolute Gasteiger partial charge is 0.226 e. The number of rotatable bonds is 10. The van der Waals surface area contributed by atoms with Crippen LogP contribution in [0.15, 0.2) is 39.9 Å². The van der Waals surface area contributed by atoms with E-state index in [2.05, 4.69) is 34.5 Å². The summed E-state index contributed by atoms with van der Waals surface area (Å²) in [5.74, 6) is 1.53. The third-order valence-corrected chi connectivity index (χ3v) is 3.75. The predicted octanol–water partition coefficient (Wildman–Crippen LogP) is 3.25. The second-order valence-electron chi connectivity index (χ2n) is 6.65. The highest BCUT2D eigenvalue weighted by molar-refractivity contribution is 5.79. The number of nitrogens with zero attached hydrogens (tertiary/aromatic N) is 2. The predicted molar refractivity (Wildman–Crippen MR) is 105 cm³/mol. The first-order valence-corrected chi connectivity index (χ1v) is 9.31. The third kappa shape index (κ3) is 7.78. The van der Waals surface area contributed by atoms with Crippen molar-refractivity contribution in [1.82, 2.24) is 15.6 Å². The molecule has 0 amide bonds. The monoisotopic (exact) mass is 376 g/mol. The number of benzene rings is 1. The van der Waals surface area contributed by atoms with E-state index < -0.39 is 0 Å². The number of aromatic nitrogens is 1. The molecule has 0 fully saturated rings. The van der Waals surface area contributed by atoms with E-state index in [-0.39, 0.29) is 5.82 Å². The summed E-state index contributed by atoms with van der Waals surface area (Å²) < 4.78 is 24.0. The average Bonchev–Trinajstić information content (AvgIpc) is 3.12. The van der Waals surface area contributed by atoms with Crippen LogP contribution in [0.4, 0.5) is 4.39 Å². The van der Waals surface area contributed by atoms with Crippen LogP contribution < -0.4 is 10.6 Å². The zero-order chi connectivity index (χ0) is 19.5. The highest BCUT2D eigenvalue weighted by atomic mass is 19.1. The highest BCUT2D eigenvalue weighted by Crippen LogP contribution is 2.18. The number of guanidine groups is 1. The Balaban J connectivity index is 1.66. The van der Waals surface area contributed by atoms with Gasteiger partial charge in [0, 0.05) is 45.3 Å². The van der Waals surface area contributed by atoms with Gasteiger partial charge in [-0.25, -0.2) is 9.37 Å². The molecule has 0 saturated heterocycles. The van der Waals surface area contributed by atoms with Crippen LogP contribution in [-0.2, 0) is 11.2 Å². The van der Waals surface area contributed by atoms with E-state index in [9.17, 15) is 4.39 Å². The number of aliphatic imine (C=N–C) groups is 1. The summed E-state index contributed by atoms with van der Waals surface area (Å²) in [7, 11) is 1.74. The Labute approximate surface area is 160 Å². The number of oxazole rings is 1. The normalized spacial score (nSPS) is 11.8. The Kier molecular flexibility index (Phi) is 8.77. The van der Waals surface area contributed by atoms with Gasteiger partial charge >= 0.3 is 0 Å². The Hall–Kier alpha value is -2.41. The topological polar surface area (TPSA) is 71.7 Å². The Bertz CT molecular complexity index is 698. The van der Waals surface area contributed by atoms with E-state index in [4.69, 9.17) is 9.15 Å². The first-order chi connectivity index (χ1) is 13.1. The average molecular weight is 376 g/mol. The van der Waals surface area contributed by atoms with Crippen LogP contribution in [0.2, 0.25) is 0 Å². The molecule has 148 valence electrons. The van der Waals surface area contributed by atoms with Gasteiger partial charge in [0.1, 0.15) is 12.1 Å². The fourth-order valence-corrected chi connectivity index (χ4v) is 2.38. The molecule has 0 aliphatic carbocycles. The molecule has 1 heterocycles. The molecule has 0 bridgehead atoms. The maximum Gasteiger partial charge on any atom is 0.226 e. The lowest BCUT2D eigenvalue weighted by Gasteiger charge is -2.11. The maximum atomic E-state index is 13.0. The van der Waals surface area contributed by atoms with E-state index in [1.165, 1.54) is 12.1 Å². The molecule has 0 saturated carbocycles. The second-order valence-corrected chi connectivity index (χ2v) is 6.65. The Morgan fingerprint density at radius 1 is 1.22 bits per heavy atom. The number of halogens is 1. The van der Waals surface area contributed by atoms with Crippen LogP contribution in [-0.4, -0.2) is 44.3 Å². The maximum absolute atomic E-state index is 13.0. The molecule has 2 N–H and O–H groups in total. The standard InChI is InChI=1S/C20H29FN4O2/c1-15(2)13-26-12-4-10-23-20(22-3)24-11-9-18-14-27-19(25-18)16-5-7-17(21)8-6-16/h5-8,14-15H,4,9-13H2,1-3H3,(H2,22,23,24). The minimum Gasteiger partial charge on any atom is -0.444 e. The van der Waals surface area contributed by atoms with Gasteiger partial charge in [-0.3, -0.25) is 4.99 Å². The second kappa shape index (κ2) is 11.3. The first kappa shape index (κ1) is 20.9. The van der Waals surface area contributed by atoms with Crippen LogP contribution in [0, 0.1) is 11.7 Å². The van der Waals surface area contributed by atoms with Crippen LogP contribution in [0.5, 0.6) is 0 Å². The van der Waals surface area contributed by atoms with Gasteiger partial charge in [0.2, 0.25) is 5.89 Å². The number of hydrogen-bond acceptors (Lipinski definition) is 4. The molecule has 0 aliphatic heterocycles. The lowest BCUT2D eigenvalue weighted by Crippen LogP contribution is -2.39. The molecular formula is C20H29FN4O2. The van der Waals surface area contributed by atoms with Gasteiger partial charge in [0.15, 0.2) is 5.96 Å².